The lowest BCUT2D eigenvalue weighted by Crippen LogP contribution is -2.20. The Hall–Kier alpha value is -2.87. The Morgan fingerprint density at radius 2 is 2.21 bits per heavy atom. The highest BCUT2D eigenvalue weighted by atomic mass is 35.5. The number of aromatic nitrogens is 3. The van der Waals surface area contributed by atoms with Crippen LogP contribution in [-0.2, 0) is 6.54 Å². The van der Waals surface area contributed by atoms with E-state index in [2.05, 4.69) is 10.1 Å². The van der Waals surface area contributed by atoms with Crippen molar-refractivity contribution in [3.63, 3.8) is 0 Å². The maximum atomic E-state index is 11.1. The minimum absolute atomic E-state index is 0.0103. The number of ether oxygens (including phenoxy) is 1. The Kier molecular flexibility index (Phi) is 3.30. The third kappa shape index (κ3) is 2.95. The molecule has 0 N–H and O–H groups in total. The van der Waals surface area contributed by atoms with Crippen molar-refractivity contribution in [3.05, 3.63) is 57.4 Å². The number of halogens is 1. The number of benzene rings is 1. The quantitative estimate of drug-likeness (QED) is 0.399. The highest BCUT2D eigenvalue weighted by Gasteiger charge is 2.20. The van der Waals surface area contributed by atoms with Gasteiger partial charge >= 0.3 is 5.69 Å². The SMILES string of the molecule is [2H]C([2H])([2H])N(Cc1ccc(OC)cc1)c1cc(Cl)nc2c([N+](=O)[O-])cnn12. The molecule has 124 valence electrons. The average Bonchev–Trinajstić information content (AvgIpc) is 3.02. The first-order valence-electron chi connectivity index (χ1n) is 8.30. The zero-order chi connectivity index (χ0) is 19.8. The summed E-state index contributed by atoms with van der Waals surface area (Å²) in [6.45, 7) is -2.57. The molecule has 1 aromatic carbocycles. The summed E-state index contributed by atoms with van der Waals surface area (Å²) in [6, 6.07) is 8.18. The lowest BCUT2D eigenvalue weighted by molar-refractivity contribution is -0.383. The predicted molar refractivity (Wildman–Crippen MR) is 89.8 cm³/mol. The van der Waals surface area contributed by atoms with Crippen molar-refractivity contribution in [2.75, 3.05) is 19.0 Å². The van der Waals surface area contributed by atoms with Crippen molar-refractivity contribution in [2.24, 2.45) is 0 Å². The molecule has 0 fully saturated rings. The molecule has 24 heavy (non-hydrogen) atoms. The molecule has 0 atom stereocenters. The standard InChI is InChI=1S/C15H14ClN5O3/c1-19(9-10-3-5-11(24-2)6-4-10)14-7-13(16)18-15-12(21(22)23)8-17-20(14)15/h3-8H,9H2,1-2H3/i1D3. The van der Waals surface area contributed by atoms with Crippen LogP contribution in [0, 0.1) is 10.1 Å². The van der Waals surface area contributed by atoms with E-state index in [0.717, 1.165) is 15.6 Å². The summed E-state index contributed by atoms with van der Waals surface area (Å²) < 4.78 is 29.9. The summed E-state index contributed by atoms with van der Waals surface area (Å²) in [4.78, 5) is 15.5. The van der Waals surface area contributed by atoms with Crippen molar-refractivity contribution < 1.29 is 13.8 Å². The summed E-state index contributed by atoms with van der Waals surface area (Å²) in [6.07, 6.45) is 1.01. The van der Waals surface area contributed by atoms with Crippen LogP contribution in [0.5, 0.6) is 5.75 Å². The van der Waals surface area contributed by atoms with Crippen LogP contribution in [0.25, 0.3) is 5.65 Å². The second-order valence-corrected chi connectivity index (χ2v) is 5.28. The number of fused-ring (bicyclic) bond motifs is 1. The van der Waals surface area contributed by atoms with Crippen LogP contribution < -0.4 is 9.64 Å². The van der Waals surface area contributed by atoms with Crippen molar-refractivity contribution >= 4 is 28.8 Å². The lowest BCUT2D eigenvalue weighted by Gasteiger charge is -2.20. The van der Waals surface area contributed by atoms with E-state index in [0.29, 0.717) is 11.3 Å². The third-order valence-corrected chi connectivity index (χ3v) is 3.57. The number of nitro groups is 1. The van der Waals surface area contributed by atoms with Gasteiger partial charge in [-0.05, 0) is 17.7 Å². The van der Waals surface area contributed by atoms with Crippen molar-refractivity contribution in [3.8, 4) is 5.75 Å². The van der Waals surface area contributed by atoms with Gasteiger partial charge in [-0.25, -0.2) is 4.98 Å². The van der Waals surface area contributed by atoms with Crippen molar-refractivity contribution in [1.29, 1.82) is 0 Å². The molecule has 0 radical (unpaired) electrons. The van der Waals surface area contributed by atoms with E-state index in [-0.39, 0.29) is 28.9 Å². The zero-order valence-electron chi connectivity index (χ0n) is 15.5. The Labute approximate surface area is 146 Å². The number of anilines is 1. The van der Waals surface area contributed by atoms with Crippen LogP contribution >= 0.6 is 11.6 Å². The molecule has 0 unspecified atom stereocenters. The molecule has 0 spiro atoms. The Morgan fingerprint density at radius 3 is 2.83 bits per heavy atom. The van der Waals surface area contributed by atoms with E-state index < -0.39 is 11.9 Å². The van der Waals surface area contributed by atoms with Gasteiger partial charge in [0.15, 0.2) is 0 Å². The minimum atomic E-state index is -2.56. The van der Waals surface area contributed by atoms with Crippen LogP contribution in [0.1, 0.15) is 9.68 Å². The van der Waals surface area contributed by atoms with E-state index in [4.69, 9.17) is 20.5 Å². The first-order valence-corrected chi connectivity index (χ1v) is 7.18. The monoisotopic (exact) mass is 350 g/mol. The third-order valence-electron chi connectivity index (χ3n) is 3.38. The second-order valence-electron chi connectivity index (χ2n) is 4.89. The fourth-order valence-corrected chi connectivity index (χ4v) is 2.40. The van der Waals surface area contributed by atoms with Crippen LogP contribution in [-0.4, -0.2) is 33.6 Å². The molecule has 9 heteroatoms. The number of hydrogen-bond donors (Lipinski definition) is 0. The highest BCUT2D eigenvalue weighted by molar-refractivity contribution is 6.29. The lowest BCUT2D eigenvalue weighted by atomic mass is 10.2. The zero-order valence-corrected chi connectivity index (χ0v) is 13.3. The van der Waals surface area contributed by atoms with E-state index in [1.807, 2.05) is 0 Å². The van der Waals surface area contributed by atoms with Gasteiger partial charge < -0.3 is 9.64 Å². The number of nitrogens with zero attached hydrogens (tertiary/aromatic N) is 5. The van der Waals surface area contributed by atoms with Gasteiger partial charge in [-0.3, -0.25) is 10.1 Å². The topological polar surface area (TPSA) is 85.8 Å². The van der Waals surface area contributed by atoms with Crippen LogP contribution in [0.15, 0.2) is 36.5 Å². The molecule has 0 bridgehead atoms. The van der Waals surface area contributed by atoms with Gasteiger partial charge in [-0.15, -0.1) is 0 Å². The molecule has 2 heterocycles. The first kappa shape index (κ1) is 12.5. The largest absolute Gasteiger partial charge is 0.497 e. The van der Waals surface area contributed by atoms with Crippen molar-refractivity contribution in [2.45, 2.75) is 6.54 Å². The summed E-state index contributed by atoms with van der Waals surface area (Å²) in [5.74, 6) is 0.699. The van der Waals surface area contributed by atoms with Gasteiger partial charge in [0, 0.05) is 23.7 Å². The Bertz CT molecular complexity index is 991. The summed E-state index contributed by atoms with van der Waals surface area (Å²) >= 11 is 5.99. The first-order chi connectivity index (χ1) is 12.7. The van der Waals surface area contributed by atoms with Crippen LogP contribution in [0.2, 0.25) is 5.15 Å². The number of rotatable bonds is 5. The van der Waals surface area contributed by atoms with Gasteiger partial charge in [-0.2, -0.15) is 9.61 Å². The Morgan fingerprint density at radius 1 is 1.46 bits per heavy atom. The second kappa shape index (κ2) is 6.32. The molecule has 0 amide bonds. The Balaban J connectivity index is 2.11. The van der Waals surface area contributed by atoms with E-state index in [9.17, 15) is 10.1 Å². The molecule has 8 nitrogen and oxygen atoms in total. The van der Waals surface area contributed by atoms with E-state index >= 15 is 0 Å². The van der Waals surface area contributed by atoms with Gasteiger partial charge in [0.2, 0.25) is 5.65 Å². The summed E-state index contributed by atoms with van der Waals surface area (Å²) in [7, 11) is 1.53. The molecule has 0 saturated carbocycles. The van der Waals surface area contributed by atoms with E-state index in [1.54, 1.807) is 24.3 Å². The van der Waals surface area contributed by atoms with Crippen molar-refractivity contribution in [1.82, 2.24) is 14.6 Å². The molecule has 0 aliphatic heterocycles. The van der Waals surface area contributed by atoms with Gasteiger partial charge in [0.1, 0.15) is 22.9 Å². The highest BCUT2D eigenvalue weighted by Crippen LogP contribution is 2.26. The number of hydrogen-bond acceptors (Lipinski definition) is 6. The van der Waals surface area contributed by atoms with E-state index in [1.165, 1.54) is 13.2 Å². The summed E-state index contributed by atoms with van der Waals surface area (Å²) in [5, 5.41) is 15.0. The maximum absolute atomic E-state index is 11.1. The molecule has 0 saturated heterocycles. The molecular formula is C15H14ClN5O3. The average molecular weight is 351 g/mol. The molecule has 0 aliphatic carbocycles. The van der Waals surface area contributed by atoms with Gasteiger partial charge in [-0.1, -0.05) is 23.7 Å². The fourth-order valence-electron chi connectivity index (χ4n) is 2.22. The molecule has 3 rings (SSSR count). The fraction of sp³-hybridized carbons (Fsp3) is 0.200. The predicted octanol–water partition coefficient (Wildman–Crippen LogP) is 2.94. The van der Waals surface area contributed by atoms with Crippen LogP contribution in [0.3, 0.4) is 0 Å². The van der Waals surface area contributed by atoms with Gasteiger partial charge in [0.25, 0.3) is 0 Å². The molecule has 0 aliphatic rings. The van der Waals surface area contributed by atoms with Crippen LogP contribution in [0.4, 0.5) is 11.5 Å². The molecular weight excluding hydrogens is 334 g/mol. The maximum Gasteiger partial charge on any atom is 0.333 e. The summed E-state index contributed by atoms with van der Waals surface area (Å²) in [5.41, 5.74) is 0.190. The molecule has 2 aromatic heterocycles. The number of methoxy groups -OCH3 is 1. The molecule has 3 aromatic rings. The normalized spacial score (nSPS) is 13.2. The minimum Gasteiger partial charge on any atom is -0.497 e. The van der Waals surface area contributed by atoms with Gasteiger partial charge in [0.05, 0.1) is 12.0 Å². The smallest absolute Gasteiger partial charge is 0.333 e.